The Labute approximate surface area is 77.9 Å². The van der Waals surface area contributed by atoms with Crippen LogP contribution in [0.3, 0.4) is 0 Å². The molecule has 0 saturated carbocycles. The summed E-state index contributed by atoms with van der Waals surface area (Å²) in [5, 5.41) is 9.69. The van der Waals surface area contributed by atoms with Crippen LogP contribution in [0.15, 0.2) is 6.07 Å². The summed E-state index contributed by atoms with van der Waals surface area (Å²) in [6, 6.07) is 1.94. The lowest BCUT2D eigenvalue weighted by atomic mass is 10.4. The quantitative estimate of drug-likeness (QED) is 0.816. The number of halogens is 1. The van der Waals surface area contributed by atoms with Crippen LogP contribution in [0.25, 0.3) is 0 Å². The van der Waals surface area contributed by atoms with Crippen LogP contribution in [0.2, 0.25) is 0 Å². The van der Waals surface area contributed by atoms with Crippen molar-refractivity contribution in [3.63, 3.8) is 0 Å². The first-order valence-electron chi connectivity index (χ1n) is 3.14. The van der Waals surface area contributed by atoms with Gasteiger partial charge in [0.05, 0.1) is 18.6 Å². The summed E-state index contributed by atoms with van der Waals surface area (Å²) < 4.78 is 5.05. The third kappa shape index (κ3) is 1.95. The number of alkyl halides is 1. The number of hydrogen-bond donors (Lipinski definition) is 1. The number of methoxy groups -OCH3 is 1. The summed E-state index contributed by atoms with van der Waals surface area (Å²) in [5.41, 5.74) is 0. The highest BCUT2D eigenvalue weighted by Crippen LogP contribution is 2.30. The van der Waals surface area contributed by atoms with E-state index in [9.17, 15) is 0 Å². The largest absolute Gasteiger partial charge is 0.495 e. The number of thiophene rings is 1. The lowest BCUT2D eigenvalue weighted by molar-refractivity contribution is 0.278. The summed E-state index contributed by atoms with van der Waals surface area (Å²) in [6.07, 6.45) is 0. The van der Waals surface area contributed by atoms with Crippen molar-refractivity contribution in [2.75, 3.05) is 7.11 Å². The summed E-state index contributed by atoms with van der Waals surface area (Å²) in [6.45, 7) is 0.0564. The zero-order valence-electron chi connectivity index (χ0n) is 6.13. The van der Waals surface area contributed by atoms with Crippen LogP contribution in [0.4, 0.5) is 0 Å². The molecule has 2 nitrogen and oxygen atoms in total. The Hall–Kier alpha value is -0.0600. The molecule has 1 N–H and O–H groups in total. The van der Waals surface area contributed by atoms with Gasteiger partial charge in [0, 0.05) is 10.2 Å². The van der Waals surface area contributed by atoms with Gasteiger partial charge in [-0.15, -0.1) is 11.3 Å². The number of rotatable bonds is 3. The average Bonchev–Trinajstić information content (AvgIpc) is 2.46. The molecule has 11 heavy (non-hydrogen) atoms. The van der Waals surface area contributed by atoms with E-state index in [-0.39, 0.29) is 6.61 Å². The molecule has 1 rings (SSSR count). The molecule has 0 bridgehead atoms. The van der Waals surface area contributed by atoms with Gasteiger partial charge in [0.2, 0.25) is 0 Å². The molecule has 0 amide bonds. The third-order valence-electron chi connectivity index (χ3n) is 1.32. The maximum absolute atomic E-state index is 8.87. The van der Waals surface area contributed by atoms with E-state index in [4.69, 9.17) is 9.84 Å². The van der Waals surface area contributed by atoms with Crippen molar-refractivity contribution in [2.24, 2.45) is 0 Å². The Morgan fingerprint density at radius 3 is 2.82 bits per heavy atom. The minimum Gasteiger partial charge on any atom is -0.495 e. The molecule has 1 heterocycles. The Kier molecular flexibility index (Phi) is 3.36. The fraction of sp³-hybridized carbons (Fsp3) is 0.429. The summed E-state index contributed by atoms with van der Waals surface area (Å²) in [5.74, 6) is 0.784. The van der Waals surface area contributed by atoms with Gasteiger partial charge in [-0.1, -0.05) is 15.9 Å². The van der Waals surface area contributed by atoms with Crippen molar-refractivity contribution in [3.8, 4) is 5.75 Å². The summed E-state index contributed by atoms with van der Waals surface area (Å²) in [7, 11) is 1.61. The zero-order chi connectivity index (χ0) is 8.27. The normalized spacial score (nSPS) is 10.1. The molecule has 0 radical (unpaired) electrons. The molecule has 1 aromatic rings. The molecule has 0 aliphatic carbocycles. The van der Waals surface area contributed by atoms with Crippen LogP contribution in [0, 0.1) is 0 Å². The van der Waals surface area contributed by atoms with E-state index in [0.717, 1.165) is 16.0 Å². The highest BCUT2D eigenvalue weighted by molar-refractivity contribution is 9.08. The van der Waals surface area contributed by atoms with E-state index in [1.807, 2.05) is 6.07 Å². The van der Waals surface area contributed by atoms with E-state index in [0.29, 0.717) is 0 Å². The van der Waals surface area contributed by atoms with E-state index >= 15 is 0 Å². The maximum Gasteiger partial charge on any atom is 0.135 e. The van der Waals surface area contributed by atoms with Crippen LogP contribution in [0.1, 0.15) is 9.75 Å². The van der Waals surface area contributed by atoms with Gasteiger partial charge in [-0.05, 0) is 6.07 Å². The van der Waals surface area contributed by atoms with E-state index in [1.165, 1.54) is 4.88 Å². The predicted molar refractivity (Wildman–Crippen MR) is 49.4 cm³/mol. The van der Waals surface area contributed by atoms with Gasteiger partial charge in [-0.3, -0.25) is 0 Å². The smallest absolute Gasteiger partial charge is 0.135 e. The van der Waals surface area contributed by atoms with Crippen molar-refractivity contribution in [3.05, 3.63) is 15.8 Å². The molecular weight excluding hydrogens is 228 g/mol. The lowest BCUT2D eigenvalue weighted by Crippen LogP contribution is -1.84. The number of aliphatic hydroxyl groups is 1. The van der Waals surface area contributed by atoms with Gasteiger partial charge < -0.3 is 9.84 Å². The monoisotopic (exact) mass is 236 g/mol. The standard InChI is InChI=1S/C7H9BrO2S/c1-10-6-2-5(3-8)11-7(6)4-9/h2,9H,3-4H2,1H3. The Balaban J connectivity index is 2.92. The van der Waals surface area contributed by atoms with Crippen LogP contribution in [-0.4, -0.2) is 12.2 Å². The highest BCUT2D eigenvalue weighted by atomic mass is 79.9. The Bertz CT molecular complexity index is 213. The van der Waals surface area contributed by atoms with E-state index in [1.54, 1.807) is 18.4 Å². The second kappa shape index (κ2) is 4.09. The summed E-state index contributed by atoms with van der Waals surface area (Å²) >= 11 is 4.90. The van der Waals surface area contributed by atoms with Crippen LogP contribution in [-0.2, 0) is 11.9 Å². The summed E-state index contributed by atoms with van der Waals surface area (Å²) in [4.78, 5) is 2.06. The SMILES string of the molecule is COc1cc(CBr)sc1CO. The second-order valence-electron chi connectivity index (χ2n) is 2.00. The zero-order valence-corrected chi connectivity index (χ0v) is 8.54. The Morgan fingerprint density at radius 2 is 2.45 bits per heavy atom. The van der Waals surface area contributed by atoms with Crippen LogP contribution >= 0.6 is 27.3 Å². The second-order valence-corrected chi connectivity index (χ2v) is 3.78. The molecule has 0 aliphatic rings. The number of aliphatic hydroxyl groups excluding tert-OH is 1. The average molecular weight is 237 g/mol. The van der Waals surface area contributed by atoms with Gasteiger partial charge in [-0.25, -0.2) is 0 Å². The molecule has 0 spiro atoms. The molecule has 0 atom stereocenters. The fourth-order valence-corrected chi connectivity index (χ4v) is 2.16. The molecule has 0 aromatic carbocycles. The van der Waals surface area contributed by atoms with Gasteiger partial charge >= 0.3 is 0 Å². The Morgan fingerprint density at radius 1 is 1.73 bits per heavy atom. The van der Waals surface area contributed by atoms with Gasteiger partial charge in [0.1, 0.15) is 5.75 Å². The molecule has 0 unspecified atom stereocenters. The first kappa shape index (κ1) is 9.03. The molecule has 0 saturated heterocycles. The fourth-order valence-electron chi connectivity index (χ4n) is 0.814. The number of ether oxygens (including phenoxy) is 1. The lowest BCUT2D eigenvalue weighted by Gasteiger charge is -1.95. The molecule has 4 heteroatoms. The van der Waals surface area contributed by atoms with Crippen molar-refractivity contribution >= 4 is 27.3 Å². The van der Waals surface area contributed by atoms with E-state index < -0.39 is 0 Å². The molecule has 62 valence electrons. The molecule has 0 fully saturated rings. The first-order valence-corrected chi connectivity index (χ1v) is 5.08. The van der Waals surface area contributed by atoms with Crippen molar-refractivity contribution in [1.29, 1.82) is 0 Å². The van der Waals surface area contributed by atoms with Crippen molar-refractivity contribution < 1.29 is 9.84 Å². The van der Waals surface area contributed by atoms with Crippen molar-refractivity contribution in [1.82, 2.24) is 0 Å². The van der Waals surface area contributed by atoms with Gasteiger partial charge in [0.25, 0.3) is 0 Å². The maximum atomic E-state index is 8.87. The topological polar surface area (TPSA) is 29.5 Å². The van der Waals surface area contributed by atoms with Gasteiger partial charge in [-0.2, -0.15) is 0 Å². The van der Waals surface area contributed by atoms with E-state index in [2.05, 4.69) is 15.9 Å². The molecular formula is C7H9BrO2S. The highest BCUT2D eigenvalue weighted by Gasteiger charge is 2.06. The van der Waals surface area contributed by atoms with Crippen LogP contribution in [0.5, 0.6) is 5.75 Å². The minimum atomic E-state index is 0.0564. The number of hydrogen-bond acceptors (Lipinski definition) is 3. The first-order chi connectivity index (χ1) is 5.31. The minimum absolute atomic E-state index is 0.0564. The molecule has 0 aliphatic heterocycles. The van der Waals surface area contributed by atoms with Crippen LogP contribution < -0.4 is 4.74 Å². The van der Waals surface area contributed by atoms with Crippen molar-refractivity contribution in [2.45, 2.75) is 11.9 Å². The molecule has 1 aromatic heterocycles. The predicted octanol–water partition coefficient (Wildman–Crippen LogP) is 2.14. The van der Waals surface area contributed by atoms with Gasteiger partial charge in [0.15, 0.2) is 0 Å². The third-order valence-corrected chi connectivity index (χ3v) is 3.39.